The van der Waals surface area contributed by atoms with Gasteiger partial charge in [0.05, 0.1) is 20.2 Å². The minimum Gasteiger partial charge on any atom is -1.00 e. The molecule has 0 heterocycles. The maximum absolute atomic E-state index is 12.3. The maximum Gasteiger partial charge on any atom is 0.364 e. The van der Waals surface area contributed by atoms with Crippen LogP contribution < -0.4 is 58.7 Å². The molecular weight excluding hydrogens is 567 g/mol. The summed E-state index contributed by atoms with van der Waals surface area (Å²) in [6, 6.07) is 17.4. The number of quaternary nitrogens is 3. The van der Waals surface area contributed by atoms with Gasteiger partial charge in [0, 0.05) is 25.7 Å². The van der Waals surface area contributed by atoms with Crippen LogP contribution in [0.2, 0.25) is 0 Å². The van der Waals surface area contributed by atoms with Crippen LogP contribution in [0.15, 0.2) is 54.6 Å². The van der Waals surface area contributed by atoms with E-state index in [-0.39, 0.29) is 74.1 Å². The largest absolute Gasteiger partial charge is 1.00 e. The van der Waals surface area contributed by atoms with Crippen LogP contribution in [0.25, 0.3) is 0 Å². The molecule has 0 unspecified atom stereocenters. The standard InChI is InChI=1S/C27H40N4O5.3ClH/c1-35-27(33)25(10-5-6-16-28)30-17-7-11-26(32)31(34)19-23(29)18-21-12-14-24(15-13-21)36-20-22-8-3-2-4-9-22;;;/h2-4,8-9,12-15,23,25,30,34H,5-7,10-11,16-20,28-29H2,1H3;3*1H/t23-,25-;;;/m0.../s1. The summed E-state index contributed by atoms with van der Waals surface area (Å²) in [4.78, 5) is 24.3. The predicted octanol–water partition coefficient (Wildman–Crippen LogP) is -9.05. The molecule has 2 aromatic rings. The molecule has 0 saturated carbocycles. The first-order chi connectivity index (χ1) is 17.4. The summed E-state index contributed by atoms with van der Waals surface area (Å²) in [5, 5.41) is 12.9. The number of hydroxylamine groups is 2. The van der Waals surface area contributed by atoms with Crippen molar-refractivity contribution in [3.63, 3.8) is 0 Å². The number of benzene rings is 2. The van der Waals surface area contributed by atoms with Crippen molar-refractivity contribution in [2.45, 2.75) is 57.2 Å². The summed E-state index contributed by atoms with van der Waals surface area (Å²) in [5.41, 5.74) is 10.1. The first-order valence-corrected chi connectivity index (χ1v) is 12.7. The molecule has 2 atom stereocenters. The van der Waals surface area contributed by atoms with Crippen LogP contribution in [0.3, 0.4) is 0 Å². The second-order valence-corrected chi connectivity index (χ2v) is 9.07. The van der Waals surface area contributed by atoms with Crippen molar-refractivity contribution in [2.24, 2.45) is 0 Å². The van der Waals surface area contributed by atoms with E-state index in [1.807, 2.05) is 59.9 Å². The Morgan fingerprint density at radius 2 is 1.64 bits per heavy atom. The molecule has 39 heavy (non-hydrogen) atoms. The molecule has 0 saturated heterocycles. The van der Waals surface area contributed by atoms with Gasteiger partial charge in [-0.15, -0.1) is 0 Å². The van der Waals surface area contributed by atoms with Gasteiger partial charge in [0.25, 0.3) is 0 Å². The SMILES string of the molecule is COC(=O)[C@H](CCCC[NH3+])[NH2+]CCCC(=O)N(O)C[C@@H]([NH3+])Cc1ccc(OCc2ccccc2)cc1.[Cl-].[Cl-].[Cl-]. The van der Waals surface area contributed by atoms with Crippen LogP contribution in [0.5, 0.6) is 5.75 Å². The first-order valence-electron chi connectivity index (χ1n) is 12.7. The lowest BCUT2D eigenvalue weighted by molar-refractivity contribution is -0.679. The van der Waals surface area contributed by atoms with Crippen LogP contribution in [0.4, 0.5) is 0 Å². The molecule has 9 N–H and O–H groups in total. The minimum atomic E-state index is -0.339. The van der Waals surface area contributed by atoms with Gasteiger partial charge in [-0.25, -0.2) is 9.86 Å². The number of halogens is 3. The number of carbonyl (C=O) groups excluding carboxylic acids is 2. The van der Waals surface area contributed by atoms with E-state index in [2.05, 4.69) is 11.5 Å². The third-order valence-corrected chi connectivity index (χ3v) is 5.98. The van der Waals surface area contributed by atoms with E-state index >= 15 is 0 Å². The highest BCUT2D eigenvalue weighted by atomic mass is 35.5. The van der Waals surface area contributed by atoms with Crippen LogP contribution in [-0.2, 0) is 27.4 Å². The Bertz CT molecular complexity index is 910. The van der Waals surface area contributed by atoms with Crippen LogP contribution in [-0.4, -0.2) is 61.0 Å². The normalized spacial score (nSPS) is 11.6. The lowest BCUT2D eigenvalue weighted by Crippen LogP contribution is -3.00. The zero-order chi connectivity index (χ0) is 26.2. The highest BCUT2D eigenvalue weighted by molar-refractivity contribution is 5.75. The smallest absolute Gasteiger partial charge is 0.364 e. The van der Waals surface area contributed by atoms with Gasteiger partial charge in [0.1, 0.15) is 24.9 Å². The van der Waals surface area contributed by atoms with Crippen molar-refractivity contribution in [1.29, 1.82) is 0 Å². The number of nitrogens with two attached hydrogens (primary N) is 1. The number of carbonyl (C=O) groups is 2. The number of amides is 1. The van der Waals surface area contributed by atoms with E-state index < -0.39 is 0 Å². The summed E-state index contributed by atoms with van der Waals surface area (Å²) in [7, 11) is 1.39. The zero-order valence-corrected chi connectivity index (χ0v) is 24.8. The Hall–Kier alpha value is -2.11. The van der Waals surface area contributed by atoms with E-state index in [9.17, 15) is 14.8 Å². The van der Waals surface area contributed by atoms with Gasteiger partial charge in [0.2, 0.25) is 5.91 Å². The molecule has 9 nitrogen and oxygen atoms in total. The van der Waals surface area contributed by atoms with Crippen molar-refractivity contribution in [3.8, 4) is 5.75 Å². The van der Waals surface area contributed by atoms with Crippen LogP contribution in [0, 0.1) is 0 Å². The lowest BCUT2D eigenvalue weighted by atomic mass is 10.1. The van der Waals surface area contributed by atoms with E-state index in [1.165, 1.54) is 7.11 Å². The van der Waals surface area contributed by atoms with Gasteiger partial charge in [-0.1, -0.05) is 42.5 Å². The Balaban J connectivity index is 0. The quantitative estimate of drug-likeness (QED) is 0.0609. The number of nitrogens with zero attached hydrogens (tertiary/aromatic N) is 1. The predicted molar refractivity (Wildman–Crippen MR) is 135 cm³/mol. The number of ether oxygens (including phenoxy) is 2. The number of unbranched alkanes of at least 4 members (excludes halogenated alkanes) is 1. The number of hydrogen-bond donors (Lipinski definition) is 4. The van der Waals surface area contributed by atoms with E-state index in [1.54, 1.807) is 0 Å². The van der Waals surface area contributed by atoms with Crippen molar-refractivity contribution in [2.75, 3.05) is 26.7 Å². The van der Waals surface area contributed by atoms with Gasteiger partial charge >= 0.3 is 5.97 Å². The molecule has 0 radical (unpaired) electrons. The lowest BCUT2D eigenvalue weighted by Gasteiger charge is -2.18. The van der Waals surface area contributed by atoms with Crippen molar-refractivity contribution in [1.82, 2.24) is 5.06 Å². The van der Waals surface area contributed by atoms with Crippen molar-refractivity contribution >= 4 is 11.9 Å². The average Bonchev–Trinajstić information content (AvgIpc) is 2.89. The number of methoxy groups -OCH3 is 1. The maximum atomic E-state index is 12.3. The molecule has 12 heteroatoms. The molecule has 0 aromatic heterocycles. The molecule has 2 aromatic carbocycles. The fourth-order valence-corrected chi connectivity index (χ4v) is 3.93. The van der Waals surface area contributed by atoms with Crippen LogP contribution in [0.1, 0.15) is 43.2 Å². The summed E-state index contributed by atoms with van der Waals surface area (Å²) in [5.74, 6) is 0.203. The summed E-state index contributed by atoms with van der Waals surface area (Å²) in [6.07, 6.45) is 4.01. The van der Waals surface area contributed by atoms with E-state index in [0.717, 1.165) is 47.7 Å². The van der Waals surface area contributed by atoms with Crippen LogP contribution >= 0.6 is 0 Å². The molecule has 0 aliphatic heterocycles. The minimum absolute atomic E-state index is 0. The zero-order valence-electron chi connectivity index (χ0n) is 22.6. The summed E-state index contributed by atoms with van der Waals surface area (Å²) >= 11 is 0. The second kappa shape index (κ2) is 22.7. The molecular formula is C27H43Cl3N4O5. The second-order valence-electron chi connectivity index (χ2n) is 9.07. The summed E-state index contributed by atoms with van der Waals surface area (Å²) < 4.78 is 10.7. The monoisotopic (exact) mass is 608 g/mol. The molecule has 0 fully saturated rings. The van der Waals surface area contributed by atoms with Gasteiger partial charge < -0.3 is 63.5 Å². The van der Waals surface area contributed by atoms with Crippen molar-refractivity contribution < 1.29 is 78.3 Å². The molecule has 222 valence electrons. The van der Waals surface area contributed by atoms with E-state index in [4.69, 9.17) is 9.47 Å². The highest BCUT2D eigenvalue weighted by Gasteiger charge is 2.22. The Labute approximate surface area is 250 Å². The Kier molecular flexibility index (Phi) is 22.7. The van der Waals surface area contributed by atoms with Gasteiger partial charge in [-0.2, -0.15) is 0 Å². The van der Waals surface area contributed by atoms with E-state index in [0.29, 0.717) is 26.0 Å². The fourth-order valence-electron chi connectivity index (χ4n) is 3.93. The fraction of sp³-hybridized carbons (Fsp3) is 0.481. The number of rotatable bonds is 17. The highest BCUT2D eigenvalue weighted by Crippen LogP contribution is 2.15. The first kappa shape index (κ1) is 39.0. The Morgan fingerprint density at radius 1 is 0.974 bits per heavy atom. The third kappa shape index (κ3) is 15.9. The van der Waals surface area contributed by atoms with Gasteiger partial charge in [-0.3, -0.25) is 10.0 Å². The summed E-state index contributed by atoms with van der Waals surface area (Å²) in [6.45, 7) is 2.12. The molecule has 0 spiro atoms. The topological polar surface area (TPSA) is 148 Å². The average molecular weight is 610 g/mol. The van der Waals surface area contributed by atoms with Gasteiger partial charge in [0.15, 0.2) is 6.04 Å². The molecule has 0 bridgehead atoms. The van der Waals surface area contributed by atoms with Gasteiger partial charge in [-0.05, 0) is 36.1 Å². The number of hydrogen-bond acceptors (Lipinski definition) is 5. The molecule has 0 aliphatic carbocycles. The molecule has 0 aliphatic rings. The molecule has 1 amide bonds. The molecule has 2 rings (SSSR count). The number of esters is 1. The Morgan fingerprint density at radius 3 is 2.26 bits per heavy atom. The van der Waals surface area contributed by atoms with Crippen molar-refractivity contribution in [3.05, 3.63) is 65.7 Å². The third-order valence-electron chi connectivity index (χ3n) is 5.98.